The van der Waals surface area contributed by atoms with Gasteiger partial charge in [-0.05, 0) is 73.2 Å². The van der Waals surface area contributed by atoms with Gasteiger partial charge in [0.1, 0.15) is 22.9 Å². The number of carbonyl (C=O) groups is 3. The maximum atomic E-state index is 13.6. The van der Waals surface area contributed by atoms with Crippen LogP contribution in [0.4, 0.5) is 10.1 Å². The molecule has 9 heteroatoms. The van der Waals surface area contributed by atoms with Gasteiger partial charge in [0.2, 0.25) is 0 Å². The number of hydrogen-bond donors (Lipinski definition) is 2. The number of nitrogens with one attached hydrogen (secondary N) is 1. The normalized spacial score (nSPS) is 15.2. The quantitative estimate of drug-likeness (QED) is 0.355. The van der Waals surface area contributed by atoms with Crippen molar-refractivity contribution >= 4 is 46.9 Å². The summed E-state index contributed by atoms with van der Waals surface area (Å²) in [4.78, 5) is 37.5. The molecule has 1 aliphatic heterocycles. The third-order valence-corrected chi connectivity index (χ3v) is 5.10. The SMILES string of the molecule is Cc1cc(C(=O)O)ccc1-c1ccc(C=C2C(=O)NC(=S)N(c3cccc(F)c3)C2=O)o1. The molecule has 160 valence electrons. The Bertz CT molecular complexity index is 1330. The summed E-state index contributed by atoms with van der Waals surface area (Å²) in [6, 6.07) is 13.1. The van der Waals surface area contributed by atoms with Crippen molar-refractivity contribution in [2.24, 2.45) is 0 Å². The fourth-order valence-electron chi connectivity index (χ4n) is 3.30. The van der Waals surface area contributed by atoms with Crippen LogP contribution in [-0.4, -0.2) is 28.0 Å². The van der Waals surface area contributed by atoms with Gasteiger partial charge in [0.05, 0.1) is 11.3 Å². The largest absolute Gasteiger partial charge is 0.478 e. The third-order valence-electron chi connectivity index (χ3n) is 4.82. The number of anilines is 1. The van der Waals surface area contributed by atoms with Gasteiger partial charge in [-0.3, -0.25) is 19.8 Å². The number of benzene rings is 2. The maximum Gasteiger partial charge on any atom is 0.335 e. The van der Waals surface area contributed by atoms with Gasteiger partial charge < -0.3 is 9.52 Å². The fourth-order valence-corrected chi connectivity index (χ4v) is 3.58. The molecule has 1 fully saturated rings. The molecule has 0 spiro atoms. The van der Waals surface area contributed by atoms with Gasteiger partial charge in [-0.15, -0.1) is 0 Å². The minimum absolute atomic E-state index is 0.151. The van der Waals surface area contributed by atoms with Gasteiger partial charge >= 0.3 is 5.97 Å². The van der Waals surface area contributed by atoms with Crippen LogP contribution in [0.15, 0.2) is 64.6 Å². The van der Waals surface area contributed by atoms with Crippen molar-refractivity contribution in [2.45, 2.75) is 6.92 Å². The van der Waals surface area contributed by atoms with Crippen LogP contribution in [0, 0.1) is 12.7 Å². The highest BCUT2D eigenvalue weighted by molar-refractivity contribution is 7.80. The standard InChI is InChI=1S/C23H15FN2O5S/c1-12-9-13(22(29)30)5-7-17(12)19-8-6-16(31-19)11-18-20(27)25-23(32)26(21(18)28)15-4-2-3-14(24)10-15/h2-11H,1H3,(H,29,30)(H,25,27,32). The topological polar surface area (TPSA) is 99.8 Å². The maximum absolute atomic E-state index is 13.6. The third kappa shape index (κ3) is 3.93. The van der Waals surface area contributed by atoms with Crippen molar-refractivity contribution in [3.8, 4) is 11.3 Å². The lowest BCUT2D eigenvalue weighted by molar-refractivity contribution is -0.122. The number of nitrogens with zero attached hydrogens (tertiary/aromatic N) is 1. The first-order chi connectivity index (χ1) is 15.2. The van der Waals surface area contributed by atoms with Crippen LogP contribution >= 0.6 is 12.2 Å². The number of halogens is 1. The second kappa shape index (κ2) is 8.20. The molecule has 2 heterocycles. The van der Waals surface area contributed by atoms with Gasteiger partial charge in [0.25, 0.3) is 11.8 Å². The first kappa shape index (κ1) is 21.1. The number of carboxylic acids is 1. The van der Waals surface area contributed by atoms with E-state index in [1.54, 1.807) is 25.1 Å². The molecule has 1 aromatic heterocycles. The molecular weight excluding hydrogens is 435 g/mol. The van der Waals surface area contributed by atoms with E-state index in [9.17, 15) is 18.8 Å². The van der Waals surface area contributed by atoms with E-state index in [0.717, 1.165) is 11.0 Å². The summed E-state index contributed by atoms with van der Waals surface area (Å²) >= 11 is 5.09. The second-order valence-electron chi connectivity index (χ2n) is 6.97. The molecule has 32 heavy (non-hydrogen) atoms. The van der Waals surface area contributed by atoms with Gasteiger partial charge in [-0.25, -0.2) is 9.18 Å². The van der Waals surface area contributed by atoms with E-state index in [1.165, 1.54) is 36.4 Å². The first-order valence-corrected chi connectivity index (χ1v) is 9.76. The minimum Gasteiger partial charge on any atom is -0.478 e. The zero-order valence-electron chi connectivity index (χ0n) is 16.6. The lowest BCUT2D eigenvalue weighted by atomic mass is 10.0. The Hall–Kier alpha value is -4.11. The van der Waals surface area contributed by atoms with Crippen molar-refractivity contribution in [1.82, 2.24) is 5.32 Å². The average molecular weight is 450 g/mol. The second-order valence-corrected chi connectivity index (χ2v) is 7.36. The molecular formula is C23H15FN2O5S. The number of aryl methyl sites for hydroxylation is 1. The van der Waals surface area contributed by atoms with Crippen LogP contribution in [0.25, 0.3) is 17.4 Å². The minimum atomic E-state index is -1.04. The monoisotopic (exact) mass is 450 g/mol. The summed E-state index contributed by atoms with van der Waals surface area (Å²) in [5.74, 6) is -2.34. The Morgan fingerprint density at radius 1 is 1.16 bits per heavy atom. The van der Waals surface area contributed by atoms with Gasteiger partial charge in [-0.2, -0.15) is 0 Å². The highest BCUT2D eigenvalue weighted by Gasteiger charge is 2.35. The first-order valence-electron chi connectivity index (χ1n) is 9.36. The predicted octanol–water partition coefficient (Wildman–Crippen LogP) is 3.92. The van der Waals surface area contributed by atoms with E-state index in [1.807, 2.05) is 0 Å². The number of amides is 2. The van der Waals surface area contributed by atoms with E-state index < -0.39 is 23.6 Å². The van der Waals surface area contributed by atoms with Crippen molar-refractivity contribution in [1.29, 1.82) is 0 Å². The average Bonchev–Trinajstić information content (AvgIpc) is 3.19. The molecule has 0 bridgehead atoms. The molecule has 2 N–H and O–H groups in total. The molecule has 3 aromatic rings. The van der Waals surface area contributed by atoms with E-state index in [0.29, 0.717) is 16.9 Å². The Morgan fingerprint density at radius 2 is 1.94 bits per heavy atom. The summed E-state index contributed by atoms with van der Waals surface area (Å²) < 4.78 is 19.4. The molecule has 0 saturated carbocycles. The van der Waals surface area contributed by atoms with Crippen molar-refractivity contribution < 1.29 is 28.3 Å². The van der Waals surface area contributed by atoms with Crippen LogP contribution in [0.5, 0.6) is 0 Å². The Kier molecular flexibility index (Phi) is 5.41. The number of aromatic carboxylic acids is 1. The summed E-state index contributed by atoms with van der Waals surface area (Å²) in [6.07, 6.45) is 1.27. The van der Waals surface area contributed by atoms with E-state index >= 15 is 0 Å². The van der Waals surface area contributed by atoms with Gasteiger partial charge in [-0.1, -0.05) is 12.1 Å². The van der Waals surface area contributed by atoms with E-state index in [-0.39, 0.29) is 27.7 Å². The van der Waals surface area contributed by atoms with Gasteiger partial charge in [0.15, 0.2) is 5.11 Å². The van der Waals surface area contributed by atoms with E-state index in [2.05, 4.69) is 5.32 Å². The molecule has 0 atom stereocenters. The molecule has 0 radical (unpaired) electrons. The highest BCUT2D eigenvalue weighted by Crippen LogP contribution is 2.28. The molecule has 2 amide bonds. The van der Waals surface area contributed by atoms with Crippen molar-refractivity contribution in [3.63, 3.8) is 0 Å². The Labute approximate surface area is 186 Å². The predicted molar refractivity (Wildman–Crippen MR) is 118 cm³/mol. The lowest BCUT2D eigenvalue weighted by Gasteiger charge is -2.28. The number of carbonyl (C=O) groups excluding carboxylic acids is 2. The van der Waals surface area contributed by atoms with E-state index in [4.69, 9.17) is 21.7 Å². The van der Waals surface area contributed by atoms with Crippen molar-refractivity contribution in [3.05, 3.63) is 82.9 Å². The van der Waals surface area contributed by atoms with Crippen LogP contribution in [0.3, 0.4) is 0 Å². The molecule has 7 nitrogen and oxygen atoms in total. The fraction of sp³-hybridized carbons (Fsp3) is 0.0435. The van der Waals surface area contributed by atoms with Crippen LogP contribution < -0.4 is 10.2 Å². The lowest BCUT2D eigenvalue weighted by Crippen LogP contribution is -2.54. The molecule has 0 aliphatic carbocycles. The number of rotatable bonds is 4. The molecule has 1 aliphatic rings. The smallest absolute Gasteiger partial charge is 0.335 e. The van der Waals surface area contributed by atoms with Crippen LogP contribution in [0.1, 0.15) is 21.7 Å². The highest BCUT2D eigenvalue weighted by atomic mass is 32.1. The number of carboxylic acid groups (broad SMARTS) is 1. The summed E-state index contributed by atoms with van der Waals surface area (Å²) in [6.45, 7) is 1.75. The number of furan rings is 1. The zero-order valence-corrected chi connectivity index (χ0v) is 17.4. The van der Waals surface area contributed by atoms with Crippen LogP contribution in [0.2, 0.25) is 0 Å². The van der Waals surface area contributed by atoms with Crippen molar-refractivity contribution in [2.75, 3.05) is 4.90 Å². The zero-order chi connectivity index (χ0) is 23.0. The summed E-state index contributed by atoms with van der Waals surface area (Å²) in [7, 11) is 0. The van der Waals surface area contributed by atoms with Gasteiger partial charge in [0, 0.05) is 5.56 Å². The Balaban J connectivity index is 1.67. The molecule has 2 aromatic carbocycles. The molecule has 1 saturated heterocycles. The summed E-state index contributed by atoms with van der Waals surface area (Å²) in [5, 5.41) is 11.4. The Morgan fingerprint density at radius 3 is 2.62 bits per heavy atom. The molecule has 4 rings (SSSR count). The summed E-state index contributed by atoms with van der Waals surface area (Å²) in [5.41, 5.74) is 1.45. The molecule has 0 unspecified atom stereocenters. The van der Waals surface area contributed by atoms with Crippen LogP contribution in [-0.2, 0) is 9.59 Å². The number of hydrogen-bond acceptors (Lipinski definition) is 5. The number of thiocarbonyl (C=S) groups is 1.